The van der Waals surface area contributed by atoms with E-state index in [0.29, 0.717) is 36.2 Å². The Hall–Kier alpha value is -3.42. The van der Waals surface area contributed by atoms with Crippen LogP contribution in [0.1, 0.15) is 34.9 Å². The lowest BCUT2D eigenvalue weighted by atomic mass is 9.93. The van der Waals surface area contributed by atoms with Crippen LogP contribution in [-0.2, 0) is 7.05 Å². The first-order chi connectivity index (χ1) is 14.1. The van der Waals surface area contributed by atoms with Crippen LogP contribution in [0.3, 0.4) is 0 Å². The van der Waals surface area contributed by atoms with E-state index in [9.17, 15) is 4.79 Å². The summed E-state index contributed by atoms with van der Waals surface area (Å²) >= 11 is 0. The second kappa shape index (κ2) is 8.30. The van der Waals surface area contributed by atoms with E-state index in [0.717, 1.165) is 18.5 Å². The number of nitrogens with zero attached hydrogens (tertiary/aromatic N) is 5. The van der Waals surface area contributed by atoms with Crippen molar-refractivity contribution in [3.63, 3.8) is 0 Å². The number of likely N-dealkylation sites (tertiary alicyclic amines) is 1. The van der Waals surface area contributed by atoms with Crippen molar-refractivity contribution in [3.05, 3.63) is 60.3 Å². The number of rotatable bonds is 5. The second-order valence-electron chi connectivity index (χ2n) is 6.97. The van der Waals surface area contributed by atoms with Crippen LogP contribution in [0.25, 0.3) is 0 Å². The van der Waals surface area contributed by atoms with Crippen LogP contribution in [0.5, 0.6) is 17.4 Å². The van der Waals surface area contributed by atoms with E-state index in [-0.39, 0.29) is 11.8 Å². The van der Waals surface area contributed by atoms with Gasteiger partial charge in [-0.3, -0.25) is 14.5 Å². The number of aromatic nitrogens is 4. The highest BCUT2D eigenvalue weighted by molar-refractivity contribution is 5.92. The van der Waals surface area contributed by atoms with E-state index in [1.54, 1.807) is 43.5 Å². The van der Waals surface area contributed by atoms with Gasteiger partial charge in [-0.25, -0.2) is 4.98 Å². The second-order valence-corrected chi connectivity index (χ2v) is 6.97. The molecule has 1 aliphatic rings. The minimum absolute atomic E-state index is 0.0314. The van der Waals surface area contributed by atoms with E-state index in [4.69, 9.17) is 9.47 Å². The Kier molecular flexibility index (Phi) is 5.41. The molecule has 0 bridgehead atoms. The topological polar surface area (TPSA) is 82.4 Å². The van der Waals surface area contributed by atoms with Crippen LogP contribution in [-0.4, -0.2) is 50.8 Å². The quantitative estimate of drug-likeness (QED) is 0.663. The van der Waals surface area contributed by atoms with Gasteiger partial charge in [0.15, 0.2) is 0 Å². The third-order valence-corrected chi connectivity index (χ3v) is 5.05. The van der Waals surface area contributed by atoms with E-state index >= 15 is 0 Å². The largest absolute Gasteiger partial charge is 0.497 e. The highest BCUT2D eigenvalue weighted by Gasteiger charge is 2.28. The fourth-order valence-corrected chi connectivity index (χ4v) is 3.52. The maximum Gasteiger partial charge on any atom is 0.274 e. The molecule has 1 amide bonds. The molecule has 0 atom stereocenters. The van der Waals surface area contributed by atoms with Gasteiger partial charge in [-0.1, -0.05) is 6.07 Å². The summed E-state index contributed by atoms with van der Waals surface area (Å²) in [5.74, 6) is 2.01. The molecular weight excluding hydrogens is 370 g/mol. The number of carbonyl (C=O) groups excluding carboxylic acids is 1. The molecule has 29 heavy (non-hydrogen) atoms. The van der Waals surface area contributed by atoms with E-state index < -0.39 is 0 Å². The highest BCUT2D eigenvalue weighted by Crippen LogP contribution is 2.34. The lowest BCUT2D eigenvalue weighted by molar-refractivity contribution is 0.0705. The Morgan fingerprint density at radius 3 is 2.59 bits per heavy atom. The fraction of sp³-hybridized carbons (Fsp3) is 0.333. The van der Waals surface area contributed by atoms with E-state index in [2.05, 4.69) is 15.1 Å². The zero-order chi connectivity index (χ0) is 20.2. The lowest BCUT2D eigenvalue weighted by Gasteiger charge is -2.31. The zero-order valence-corrected chi connectivity index (χ0v) is 16.5. The van der Waals surface area contributed by atoms with Crippen LogP contribution in [0.2, 0.25) is 0 Å². The number of ether oxygens (including phenoxy) is 2. The van der Waals surface area contributed by atoms with Crippen molar-refractivity contribution < 1.29 is 14.3 Å². The van der Waals surface area contributed by atoms with Gasteiger partial charge in [0.05, 0.1) is 7.11 Å². The summed E-state index contributed by atoms with van der Waals surface area (Å²) in [6.45, 7) is 1.30. The van der Waals surface area contributed by atoms with Gasteiger partial charge >= 0.3 is 0 Å². The Morgan fingerprint density at radius 2 is 1.86 bits per heavy atom. The molecule has 0 N–H and O–H groups in total. The van der Waals surface area contributed by atoms with Gasteiger partial charge in [0, 0.05) is 50.7 Å². The number of amides is 1. The molecule has 0 saturated carbocycles. The number of piperidine rings is 1. The van der Waals surface area contributed by atoms with Crippen LogP contribution < -0.4 is 9.47 Å². The van der Waals surface area contributed by atoms with Crippen LogP contribution in [0.4, 0.5) is 0 Å². The molecule has 1 aromatic carbocycles. The molecule has 0 radical (unpaired) electrons. The summed E-state index contributed by atoms with van der Waals surface area (Å²) in [5.41, 5.74) is 1.30. The summed E-state index contributed by atoms with van der Waals surface area (Å²) in [4.78, 5) is 23.4. The monoisotopic (exact) mass is 393 g/mol. The summed E-state index contributed by atoms with van der Waals surface area (Å²) in [6, 6.07) is 9.14. The molecule has 3 heterocycles. The van der Waals surface area contributed by atoms with E-state index in [1.165, 1.54) is 0 Å². The van der Waals surface area contributed by atoms with Crippen LogP contribution >= 0.6 is 0 Å². The van der Waals surface area contributed by atoms with E-state index in [1.807, 2.05) is 29.2 Å². The van der Waals surface area contributed by atoms with Crippen molar-refractivity contribution in [1.82, 2.24) is 24.6 Å². The molecule has 2 aromatic heterocycles. The lowest BCUT2D eigenvalue weighted by Crippen LogP contribution is -2.38. The standard InChI is InChI=1S/C21H23N5O3/c1-25-11-8-18(24-25)21(27)26-12-6-15(7-13-26)19-20(23-10-9-22-19)29-17-5-3-4-16(14-17)28-2/h3-5,8-11,14-15H,6-7,12-13H2,1-2H3. The molecule has 1 saturated heterocycles. The molecule has 1 fully saturated rings. The molecule has 8 heteroatoms. The van der Waals surface area contributed by atoms with Crippen molar-refractivity contribution in [2.24, 2.45) is 7.05 Å². The van der Waals surface area contributed by atoms with Crippen molar-refractivity contribution in [1.29, 1.82) is 0 Å². The molecule has 4 rings (SSSR count). The number of aryl methyl sites for hydroxylation is 1. The van der Waals surface area contributed by atoms with Crippen molar-refractivity contribution in [2.45, 2.75) is 18.8 Å². The SMILES string of the molecule is COc1cccc(Oc2nccnc2C2CCN(C(=O)c3ccn(C)n3)CC2)c1. The molecule has 0 spiro atoms. The summed E-state index contributed by atoms with van der Waals surface area (Å²) in [5, 5.41) is 4.21. The maximum absolute atomic E-state index is 12.6. The Morgan fingerprint density at radius 1 is 1.10 bits per heavy atom. The molecule has 1 aliphatic heterocycles. The minimum Gasteiger partial charge on any atom is -0.497 e. The van der Waals surface area contributed by atoms with Gasteiger partial charge < -0.3 is 14.4 Å². The van der Waals surface area contributed by atoms with Gasteiger partial charge in [-0.05, 0) is 31.0 Å². The number of benzene rings is 1. The number of hydrogen-bond donors (Lipinski definition) is 0. The third kappa shape index (κ3) is 4.21. The van der Waals surface area contributed by atoms with Gasteiger partial charge in [-0.15, -0.1) is 0 Å². The summed E-state index contributed by atoms with van der Waals surface area (Å²) < 4.78 is 12.9. The van der Waals surface area contributed by atoms with Gasteiger partial charge in [0.1, 0.15) is 22.9 Å². The van der Waals surface area contributed by atoms with Crippen molar-refractivity contribution in [2.75, 3.05) is 20.2 Å². The number of carbonyl (C=O) groups is 1. The van der Waals surface area contributed by atoms with Crippen molar-refractivity contribution >= 4 is 5.91 Å². The minimum atomic E-state index is -0.0314. The molecule has 0 aliphatic carbocycles. The number of methoxy groups -OCH3 is 1. The van der Waals surface area contributed by atoms with Crippen LogP contribution in [0, 0.1) is 0 Å². The maximum atomic E-state index is 12.6. The fourth-order valence-electron chi connectivity index (χ4n) is 3.52. The predicted molar refractivity (Wildman–Crippen MR) is 106 cm³/mol. The smallest absolute Gasteiger partial charge is 0.274 e. The summed E-state index contributed by atoms with van der Waals surface area (Å²) in [7, 11) is 3.42. The normalized spacial score (nSPS) is 14.6. The average molecular weight is 393 g/mol. The highest BCUT2D eigenvalue weighted by atomic mass is 16.5. The van der Waals surface area contributed by atoms with Crippen molar-refractivity contribution in [3.8, 4) is 17.4 Å². The first-order valence-electron chi connectivity index (χ1n) is 9.56. The first-order valence-corrected chi connectivity index (χ1v) is 9.56. The summed E-state index contributed by atoms with van der Waals surface area (Å²) in [6.07, 6.45) is 6.68. The Labute approximate surface area is 169 Å². The molecule has 3 aromatic rings. The first kappa shape index (κ1) is 18.9. The predicted octanol–water partition coefficient (Wildman–Crippen LogP) is 3.03. The average Bonchev–Trinajstić information content (AvgIpc) is 3.20. The molecule has 8 nitrogen and oxygen atoms in total. The number of hydrogen-bond acceptors (Lipinski definition) is 6. The van der Waals surface area contributed by atoms with Crippen LogP contribution in [0.15, 0.2) is 48.9 Å². The van der Waals surface area contributed by atoms with Gasteiger partial charge in [0.2, 0.25) is 5.88 Å². The Balaban J connectivity index is 1.45. The van der Waals surface area contributed by atoms with Gasteiger partial charge in [-0.2, -0.15) is 5.10 Å². The molecule has 0 unspecified atom stereocenters. The molecular formula is C21H23N5O3. The third-order valence-electron chi connectivity index (χ3n) is 5.05. The molecule has 150 valence electrons. The van der Waals surface area contributed by atoms with Gasteiger partial charge in [0.25, 0.3) is 5.91 Å². The Bertz CT molecular complexity index is 995. The zero-order valence-electron chi connectivity index (χ0n) is 16.5.